The highest BCUT2D eigenvalue weighted by molar-refractivity contribution is 7.16. The Hall–Kier alpha value is -3.12. The first kappa shape index (κ1) is 18.3. The van der Waals surface area contributed by atoms with E-state index in [1.165, 1.54) is 16.7 Å². The van der Waals surface area contributed by atoms with Crippen LogP contribution in [-0.4, -0.2) is 22.6 Å². The molecule has 0 spiro atoms. The number of ether oxygens (including phenoxy) is 1. The number of rotatable bonds is 6. The van der Waals surface area contributed by atoms with Gasteiger partial charge in [0.15, 0.2) is 5.13 Å². The number of amides is 1. The molecule has 1 N–H and O–H groups in total. The zero-order valence-electron chi connectivity index (χ0n) is 15.8. The van der Waals surface area contributed by atoms with Gasteiger partial charge in [0.2, 0.25) is 5.91 Å². The molecule has 4 aromatic rings. The van der Waals surface area contributed by atoms with Crippen LogP contribution in [0.1, 0.15) is 11.3 Å². The molecule has 0 aliphatic rings. The molecule has 0 atom stereocenters. The lowest BCUT2D eigenvalue weighted by atomic mass is 10.1. The summed E-state index contributed by atoms with van der Waals surface area (Å²) >= 11 is 1.49. The molecule has 0 aliphatic heterocycles. The third-order valence-corrected chi connectivity index (χ3v) is 5.55. The maximum atomic E-state index is 12.4. The minimum absolute atomic E-state index is 0.0344. The lowest BCUT2D eigenvalue weighted by Crippen LogP contribution is -2.14. The Labute approximate surface area is 167 Å². The monoisotopic (exact) mass is 391 g/mol. The minimum atomic E-state index is -0.0344. The van der Waals surface area contributed by atoms with Crippen LogP contribution < -0.4 is 10.1 Å². The normalized spacial score (nSPS) is 10.9. The number of nitrogens with one attached hydrogen (secondary N) is 1. The van der Waals surface area contributed by atoms with Crippen LogP contribution in [-0.2, 0) is 11.3 Å². The number of nitrogens with zero attached hydrogens (tertiary/aromatic N) is 2. The Morgan fingerprint density at radius 2 is 1.93 bits per heavy atom. The third-order valence-electron chi connectivity index (χ3n) is 4.67. The number of hydrogen-bond acceptors (Lipinski definition) is 4. The van der Waals surface area contributed by atoms with Crippen LogP contribution >= 0.6 is 11.3 Å². The summed E-state index contributed by atoms with van der Waals surface area (Å²) in [4.78, 5) is 18.1. The minimum Gasteiger partial charge on any atom is -0.497 e. The molecule has 142 valence electrons. The molecule has 0 bridgehead atoms. The van der Waals surface area contributed by atoms with E-state index in [1.807, 2.05) is 49.5 Å². The maximum absolute atomic E-state index is 12.4. The van der Waals surface area contributed by atoms with Gasteiger partial charge in [-0.25, -0.2) is 4.98 Å². The van der Waals surface area contributed by atoms with Gasteiger partial charge in [0.1, 0.15) is 5.75 Å². The van der Waals surface area contributed by atoms with E-state index in [-0.39, 0.29) is 5.91 Å². The van der Waals surface area contributed by atoms with E-state index >= 15 is 0 Å². The van der Waals surface area contributed by atoms with Crippen molar-refractivity contribution in [3.8, 4) is 17.0 Å². The SMILES string of the molecule is COc1ccc(-c2nc(NC(=O)CCn3ccc4ccccc43)sc2C)cc1. The van der Waals surface area contributed by atoms with E-state index in [2.05, 4.69) is 33.1 Å². The Morgan fingerprint density at radius 3 is 2.71 bits per heavy atom. The quantitative estimate of drug-likeness (QED) is 0.497. The molecule has 28 heavy (non-hydrogen) atoms. The molecule has 0 aliphatic carbocycles. The van der Waals surface area contributed by atoms with Crippen LogP contribution in [0.15, 0.2) is 60.8 Å². The first-order valence-corrected chi connectivity index (χ1v) is 9.91. The average Bonchev–Trinajstić information content (AvgIpc) is 3.29. The summed E-state index contributed by atoms with van der Waals surface area (Å²) in [5.41, 5.74) is 3.04. The average molecular weight is 391 g/mol. The number of carbonyl (C=O) groups excluding carboxylic acids is 1. The molecular weight excluding hydrogens is 370 g/mol. The lowest BCUT2D eigenvalue weighted by molar-refractivity contribution is -0.116. The second kappa shape index (κ2) is 7.86. The fourth-order valence-electron chi connectivity index (χ4n) is 3.21. The van der Waals surface area contributed by atoms with Crippen LogP contribution in [0.3, 0.4) is 0 Å². The van der Waals surface area contributed by atoms with Crippen LogP contribution in [0, 0.1) is 6.92 Å². The van der Waals surface area contributed by atoms with E-state index in [0.717, 1.165) is 27.4 Å². The highest BCUT2D eigenvalue weighted by Crippen LogP contribution is 2.31. The van der Waals surface area contributed by atoms with E-state index in [4.69, 9.17) is 4.74 Å². The second-order valence-corrected chi connectivity index (χ2v) is 7.72. The number of hydrogen-bond donors (Lipinski definition) is 1. The number of fused-ring (bicyclic) bond motifs is 1. The molecule has 0 saturated carbocycles. The van der Waals surface area contributed by atoms with Crippen molar-refractivity contribution in [3.05, 3.63) is 65.7 Å². The predicted octanol–water partition coefficient (Wildman–Crippen LogP) is 5.11. The van der Waals surface area contributed by atoms with Crippen LogP contribution in [0.25, 0.3) is 22.2 Å². The van der Waals surface area contributed by atoms with Gasteiger partial charge in [-0.3, -0.25) is 4.79 Å². The van der Waals surface area contributed by atoms with Crippen molar-refractivity contribution in [1.82, 2.24) is 9.55 Å². The topological polar surface area (TPSA) is 56.1 Å². The molecule has 0 unspecified atom stereocenters. The van der Waals surface area contributed by atoms with E-state index in [9.17, 15) is 4.79 Å². The van der Waals surface area contributed by atoms with Gasteiger partial charge < -0.3 is 14.6 Å². The highest BCUT2D eigenvalue weighted by atomic mass is 32.1. The summed E-state index contributed by atoms with van der Waals surface area (Å²) in [5, 5.41) is 4.75. The molecule has 2 heterocycles. The van der Waals surface area contributed by atoms with Gasteiger partial charge in [0, 0.05) is 35.1 Å². The zero-order valence-corrected chi connectivity index (χ0v) is 16.6. The molecule has 2 aromatic carbocycles. The van der Waals surface area contributed by atoms with Gasteiger partial charge >= 0.3 is 0 Å². The summed E-state index contributed by atoms with van der Waals surface area (Å²) in [7, 11) is 1.65. The van der Waals surface area contributed by atoms with Gasteiger partial charge in [-0.1, -0.05) is 18.2 Å². The maximum Gasteiger partial charge on any atom is 0.227 e. The Morgan fingerprint density at radius 1 is 1.14 bits per heavy atom. The molecule has 0 saturated heterocycles. The standard InChI is InChI=1S/C22H21N3O2S/c1-15-21(17-7-9-18(27-2)10-8-17)24-22(28-15)23-20(26)12-14-25-13-11-16-5-3-4-6-19(16)25/h3-11,13H,12,14H2,1-2H3,(H,23,24,26). The number of benzene rings is 2. The summed E-state index contributed by atoms with van der Waals surface area (Å²) in [6.45, 7) is 2.65. The van der Waals surface area contributed by atoms with Crippen molar-refractivity contribution >= 4 is 33.3 Å². The number of aryl methyl sites for hydroxylation is 2. The van der Waals surface area contributed by atoms with Crippen LogP contribution in [0.2, 0.25) is 0 Å². The van der Waals surface area contributed by atoms with Gasteiger partial charge in [-0.2, -0.15) is 0 Å². The van der Waals surface area contributed by atoms with Gasteiger partial charge in [-0.15, -0.1) is 11.3 Å². The predicted molar refractivity (Wildman–Crippen MR) is 114 cm³/mol. The zero-order chi connectivity index (χ0) is 19.5. The number of para-hydroxylation sites is 1. The fraction of sp³-hybridized carbons (Fsp3) is 0.182. The lowest BCUT2D eigenvalue weighted by Gasteiger charge is -2.05. The molecule has 2 aromatic heterocycles. The van der Waals surface area contributed by atoms with Crippen molar-refractivity contribution in [2.24, 2.45) is 0 Å². The van der Waals surface area contributed by atoms with Gasteiger partial charge in [-0.05, 0) is 48.7 Å². The van der Waals surface area contributed by atoms with Crippen molar-refractivity contribution < 1.29 is 9.53 Å². The number of aromatic nitrogens is 2. The summed E-state index contributed by atoms with van der Waals surface area (Å²) in [6, 6.07) is 18.0. The number of methoxy groups -OCH3 is 1. The summed E-state index contributed by atoms with van der Waals surface area (Å²) in [5.74, 6) is 0.774. The molecule has 1 amide bonds. The number of carbonyl (C=O) groups is 1. The van der Waals surface area contributed by atoms with Crippen LogP contribution in [0.4, 0.5) is 5.13 Å². The molecule has 0 fully saturated rings. The molecule has 0 radical (unpaired) electrons. The molecule has 6 heteroatoms. The first-order valence-electron chi connectivity index (χ1n) is 9.09. The second-order valence-electron chi connectivity index (χ2n) is 6.52. The Balaban J connectivity index is 1.42. The van der Waals surface area contributed by atoms with Crippen molar-refractivity contribution in [2.75, 3.05) is 12.4 Å². The Bertz CT molecular complexity index is 1110. The fourth-order valence-corrected chi connectivity index (χ4v) is 4.06. The van der Waals surface area contributed by atoms with Crippen molar-refractivity contribution in [3.63, 3.8) is 0 Å². The van der Waals surface area contributed by atoms with Gasteiger partial charge in [0.05, 0.1) is 12.8 Å². The van der Waals surface area contributed by atoms with Crippen molar-refractivity contribution in [1.29, 1.82) is 0 Å². The van der Waals surface area contributed by atoms with E-state index in [1.54, 1.807) is 7.11 Å². The Kier molecular flexibility index (Phi) is 5.12. The van der Waals surface area contributed by atoms with Crippen LogP contribution in [0.5, 0.6) is 5.75 Å². The van der Waals surface area contributed by atoms with Crippen molar-refractivity contribution in [2.45, 2.75) is 19.9 Å². The number of thiazole rings is 1. The summed E-state index contributed by atoms with van der Waals surface area (Å²) < 4.78 is 7.30. The van der Waals surface area contributed by atoms with E-state index in [0.29, 0.717) is 18.1 Å². The smallest absolute Gasteiger partial charge is 0.227 e. The van der Waals surface area contributed by atoms with Gasteiger partial charge in [0.25, 0.3) is 0 Å². The van der Waals surface area contributed by atoms with E-state index < -0.39 is 0 Å². The molecule has 5 nitrogen and oxygen atoms in total. The first-order chi connectivity index (χ1) is 13.6. The third kappa shape index (κ3) is 3.77. The summed E-state index contributed by atoms with van der Waals surface area (Å²) in [6.07, 6.45) is 2.42. The number of anilines is 1. The molecular formula is C22H21N3O2S. The largest absolute Gasteiger partial charge is 0.497 e. The molecule has 4 rings (SSSR count). The highest BCUT2D eigenvalue weighted by Gasteiger charge is 2.12.